The van der Waals surface area contributed by atoms with Crippen molar-refractivity contribution in [3.05, 3.63) is 30.0 Å². The topological polar surface area (TPSA) is 47.3 Å². The molecule has 2 heterocycles. The molecule has 0 aliphatic carbocycles. The van der Waals surface area contributed by atoms with Crippen molar-refractivity contribution in [2.24, 2.45) is 0 Å². The van der Waals surface area contributed by atoms with Crippen LogP contribution in [0.3, 0.4) is 0 Å². The van der Waals surface area contributed by atoms with Gasteiger partial charge in [0.25, 0.3) is 0 Å². The molecular weight excluding hydrogens is 240 g/mol. The fraction of sp³-hybridized carbons (Fsp3) is 0.533. The van der Waals surface area contributed by atoms with Crippen LogP contribution in [0.25, 0.3) is 11.0 Å². The Balaban J connectivity index is 1.61. The van der Waals surface area contributed by atoms with Gasteiger partial charge in [-0.1, -0.05) is 17.3 Å². The van der Waals surface area contributed by atoms with Gasteiger partial charge >= 0.3 is 0 Å². The second kappa shape index (κ2) is 4.94. The first-order valence-electron chi connectivity index (χ1n) is 6.87. The van der Waals surface area contributed by atoms with Crippen molar-refractivity contribution < 1.29 is 9.26 Å². The second-order valence-corrected chi connectivity index (χ2v) is 5.62. The first kappa shape index (κ1) is 12.6. The van der Waals surface area contributed by atoms with Gasteiger partial charge < -0.3 is 14.6 Å². The number of benzene rings is 1. The van der Waals surface area contributed by atoms with E-state index in [1.165, 1.54) is 0 Å². The molecular formula is C15H20N2O2. The highest BCUT2D eigenvalue weighted by Crippen LogP contribution is 2.25. The van der Waals surface area contributed by atoms with Crippen molar-refractivity contribution >= 4 is 11.0 Å². The molecule has 4 nitrogen and oxygen atoms in total. The molecule has 0 amide bonds. The zero-order valence-corrected chi connectivity index (χ0v) is 11.5. The van der Waals surface area contributed by atoms with Crippen molar-refractivity contribution in [1.29, 1.82) is 0 Å². The number of nitrogens with one attached hydrogen (secondary N) is 1. The minimum atomic E-state index is -0.0636. The zero-order valence-electron chi connectivity index (χ0n) is 11.5. The quantitative estimate of drug-likeness (QED) is 0.917. The fourth-order valence-electron chi connectivity index (χ4n) is 2.72. The summed E-state index contributed by atoms with van der Waals surface area (Å²) in [4.78, 5) is 0. The van der Waals surface area contributed by atoms with E-state index in [-0.39, 0.29) is 5.60 Å². The average molecular weight is 260 g/mol. The standard InChI is InChI=1S/C15H20N2O2/c1-15(2)14(8-10-18-15)16-9-7-12-11-5-3-4-6-13(11)19-17-12/h3-6,14,16H,7-10H2,1-2H3. The Labute approximate surface area is 113 Å². The van der Waals surface area contributed by atoms with Gasteiger partial charge in [0.2, 0.25) is 0 Å². The van der Waals surface area contributed by atoms with Gasteiger partial charge in [0.05, 0.1) is 11.3 Å². The summed E-state index contributed by atoms with van der Waals surface area (Å²) in [5.41, 5.74) is 1.83. The third kappa shape index (κ3) is 2.51. The lowest BCUT2D eigenvalue weighted by Gasteiger charge is -2.26. The molecule has 1 N–H and O–H groups in total. The number of para-hydroxylation sites is 1. The van der Waals surface area contributed by atoms with Crippen LogP contribution in [-0.4, -0.2) is 30.0 Å². The minimum Gasteiger partial charge on any atom is -0.374 e. The monoisotopic (exact) mass is 260 g/mol. The maximum Gasteiger partial charge on any atom is 0.167 e. The SMILES string of the molecule is CC1(C)OCCC1NCCc1noc2ccccc12. The Morgan fingerprint density at radius 1 is 1.37 bits per heavy atom. The maximum atomic E-state index is 5.71. The Morgan fingerprint density at radius 3 is 3.00 bits per heavy atom. The first-order chi connectivity index (χ1) is 9.17. The summed E-state index contributed by atoms with van der Waals surface area (Å²) >= 11 is 0. The molecule has 1 aliphatic rings. The number of nitrogens with zero attached hydrogens (tertiary/aromatic N) is 1. The Kier molecular flexibility index (Phi) is 3.29. The van der Waals surface area contributed by atoms with Gasteiger partial charge in [0.1, 0.15) is 0 Å². The summed E-state index contributed by atoms with van der Waals surface area (Å²) in [6.07, 6.45) is 1.95. The molecule has 1 aromatic heterocycles. The molecule has 19 heavy (non-hydrogen) atoms. The summed E-state index contributed by atoms with van der Waals surface area (Å²) in [6.45, 7) is 6.03. The fourth-order valence-corrected chi connectivity index (χ4v) is 2.72. The Hall–Kier alpha value is -1.39. The van der Waals surface area contributed by atoms with Crippen molar-refractivity contribution in [2.75, 3.05) is 13.2 Å². The number of aromatic nitrogens is 1. The van der Waals surface area contributed by atoms with E-state index in [0.29, 0.717) is 6.04 Å². The van der Waals surface area contributed by atoms with Crippen molar-refractivity contribution in [1.82, 2.24) is 10.5 Å². The Bertz CT molecular complexity index is 562. The molecule has 0 saturated carbocycles. The number of hydrogen-bond acceptors (Lipinski definition) is 4. The van der Waals surface area contributed by atoms with Crippen LogP contribution in [0, 0.1) is 0 Å². The van der Waals surface area contributed by atoms with Crippen LogP contribution in [0.1, 0.15) is 26.0 Å². The van der Waals surface area contributed by atoms with E-state index in [9.17, 15) is 0 Å². The molecule has 1 fully saturated rings. The molecule has 1 atom stereocenters. The van der Waals surface area contributed by atoms with Gasteiger partial charge in [-0.2, -0.15) is 0 Å². The molecule has 3 rings (SSSR count). The molecule has 102 valence electrons. The summed E-state index contributed by atoms with van der Waals surface area (Å²) in [6, 6.07) is 8.42. The van der Waals surface area contributed by atoms with Crippen LogP contribution in [0.5, 0.6) is 0 Å². The minimum absolute atomic E-state index is 0.0636. The van der Waals surface area contributed by atoms with E-state index in [1.807, 2.05) is 18.2 Å². The van der Waals surface area contributed by atoms with E-state index in [4.69, 9.17) is 9.26 Å². The van der Waals surface area contributed by atoms with Gasteiger partial charge in [-0.25, -0.2) is 0 Å². The first-order valence-corrected chi connectivity index (χ1v) is 6.87. The molecule has 4 heteroatoms. The average Bonchev–Trinajstić information content (AvgIpc) is 2.94. The number of hydrogen-bond donors (Lipinski definition) is 1. The lowest BCUT2D eigenvalue weighted by molar-refractivity contribution is 0.0218. The third-order valence-electron chi connectivity index (χ3n) is 3.92. The van der Waals surface area contributed by atoms with Gasteiger partial charge in [-0.3, -0.25) is 0 Å². The third-order valence-corrected chi connectivity index (χ3v) is 3.92. The van der Waals surface area contributed by atoms with E-state index < -0.39 is 0 Å². The summed E-state index contributed by atoms with van der Waals surface area (Å²) in [5, 5.41) is 8.83. The molecule has 1 aromatic carbocycles. The van der Waals surface area contributed by atoms with Gasteiger partial charge in [-0.05, 0) is 32.4 Å². The molecule has 0 bridgehead atoms. The van der Waals surface area contributed by atoms with Crippen LogP contribution < -0.4 is 5.32 Å². The predicted molar refractivity (Wildman–Crippen MR) is 74.2 cm³/mol. The Morgan fingerprint density at radius 2 is 2.21 bits per heavy atom. The van der Waals surface area contributed by atoms with Crippen LogP contribution in [0.2, 0.25) is 0 Å². The van der Waals surface area contributed by atoms with Crippen molar-refractivity contribution in [3.8, 4) is 0 Å². The van der Waals surface area contributed by atoms with E-state index >= 15 is 0 Å². The molecule has 2 aromatic rings. The lowest BCUT2D eigenvalue weighted by Crippen LogP contribution is -2.44. The van der Waals surface area contributed by atoms with E-state index in [2.05, 4.69) is 30.4 Å². The second-order valence-electron chi connectivity index (χ2n) is 5.62. The van der Waals surface area contributed by atoms with Gasteiger partial charge in [0.15, 0.2) is 5.58 Å². The number of fused-ring (bicyclic) bond motifs is 1. The number of rotatable bonds is 4. The molecule has 0 spiro atoms. The maximum absolute atomic E-state index is 5.71. The van der Waals surface area contributed by atoms with Crippen LogP contribution >= 0.6 is 0 Å². The largest absolute Gasteiger partial charge is 0.374 e. The molecule has 1 saturated heterocycles. The highest BCUT2D eigenvalue weighted by Gasteiger charge is 2.35. The zero-order chi connectivity index (χ0) is 13.3. The van der Waals surface area contributed by atoms with Crippen molar-refractivity contribution in [3.63, 3.8) is 0 Å². The molecule has 1 aliphatic heterocycles. The normalized spacial score (nSPS) is 22.1. The van der Waals surface area contributed by atoms with Crippen molar-refractivity contribution in [2.45, 2.75) is 38.3 Å². The van der Waals surface area contributed by atoms with Gasteiger partial charge in [0, 0.05) is 31.0 Å². The van der Waals surface area contributed by atoms with Crippen LogP contribution in [0.4, 0.5) is 0 Å². The van der Waals surface area contributed by atoms with Gasteiger partial charge in [-0.15, -0.1) is 0 Å². The molecule has 1 unspecified atom stereocenters. The summed E-state index contributed by atoms with van der Waals surface area (Å²) in [7, 11) is 0. The number of ether oxygens (including phenoxy) is 1. The summed E-state index contributed by atoms with van der Waals surface area (Å²) < 4.78 is 11.0. The smallest absolute Gasteiger partial charge is 0.167 e. The van der Waals surface area contributed by atoms with E-state index in [1.54, 1.807) is 0 Å². The van der Waals surface area contributed by atoms with Crippen LogP contribution in [-0.2, 0) is 11.2 Å². The predicted octanol–water partition coefficient (Wildman–Crippen LogP) is 2.53. The van der Waals surface area contributed by atoms with Crippen LogP contribution in [0.15, 0.2) is 28.8 Å². The highest BCUT2D eigenvalue weighted by atomic mass is 16.5. The lowest BCUT2D eigenvalue weighted by atomic mass is 9.99. The summed E-state index contributed by atoms with van der Waals surface area (Å²) in [5.74, 6) is 0. The molecule has 0 radical (unpaired) electrons. The van der Waals surface area contributed by atoms with E-state index in [0.717, 1.165) is 42.7 Å². The highest BCUT2D eigenvalue weighted by molar-refractivity contribution is 5.79.